The average molecular weight is 1030 g/mol. The second-order valence-corrected chi connectivity index (χ2v) is 23.7. The fourth-order valence-corrected chi connectivity index (χ4v) is 14.4. The van der Waals surface area contributed by atoms with E-state index in [9.17, 15) is 23.3 Å². The van der Waals surface area contributed by atoms with Gasteiger partial charge in [0.15, 0.2) is 11.4 Å². The highest BCUT2D eigenvalue weighted by molar-refractivity contribution is 7.90. The molecule has 1 spiro atoms. The summed E-state index contributed by atoms with van der Waals surface area (Å²) in [6.07, 6.45) is 7.42. The number of amides is 1. The Bertz CT molecular complexity index is 3120. The molecule has 390 valence electrons. The van der Waals surface area contributed by atoms with Crippen LogP contribution in [-0.2, 0) is 24.2 Å². The van der Waals surface area contributed by atoms with E-state index in [-0.39, 0.29) is 53.3 Å². The summed E-state index contributed by atoms with van der Waals surface area (Å²) >= 11 is 0. The number of carbonyl (C=O) groups excluding carboxylic acids is 1. The van der Waals surface area contributed by atoms with Crippen LogP contribution in [0, 0.1) is 15.5 Å². The van der Waals surface area contributed by atoms with Gasteiger partial charge in [-0.3, -0.25) is 24.7 Å². The Morgan fingerprint density at radius 2 is 1.80 bits per heavy atom. The molecular formula is C54H63N9O10S. The van der Waals surface area contributed by atoms with Crippen molar-refractivity contribution in [1.29, 1.82) is 0 Å². The molecule has 3 N–H and O–H groups in total. The van der Waals surface area contributed by atoms with Crippen molar-refractivity contribution in [3.63, 3.8) is 0 Å². The first-order valence-corrected chi connectivity index (χ1v) is 27.8. The smallest absolute Gasteiger partial charge is 0.297 e. The van der Waals surface area contributed by atoms with Crippen molar-refractivity contribution in [2.45, 2.75) is 106 Å². The molecule has 5 aromatic rings. The monoisotopic (exact) mass is 1030 g/mol. The number of H-pyrrole nitrogens is 1. The van der Waals surface area contributed by atoms with E-state index in [1.165, 1.54) is 17.2 Å². The predicted molar refractivity (Wildman–Crippen MR) is 276 cm³/mol. The molecule has 1 saturated carbocycles. The number of anilines is 4. The molecule has 0 unspecified atom stereocenters. The standard InChI is InChI=1S/C54H63N9O10S/c1-32(2)40-5-3-4-6-41(40)47-30-70-18-16-61(47)37-24-54(25-37)11-14-59(15-12-54)35-7-8-42(44(21-35)62-43-10-17-69-31-49(43)73-53-46(62)19-33-9-13-55-51(33)57-53)52(64)58-74(67,68)39-22-45(63(65)66)50-48(23-39)72-28-34(56-50)26-60-27-38-20-36(60)29-71-38/h3-9,13,19,21-23,32,34,36-38,43,47,49,56H,10-12,14-18,20,24-31H2,1-2H3,(H,55,57)(H,58,64)/t34-,36-,38-,43-,47-,49-/m0/s1. The van der Waals surface area contributed by atoms with E-state index in [2.05, 4.69) is 72.7 Å². The highest BCUT2D eigenvalue weighted by atomic mass is 32.2. The number of piperidine rings is 1. The van der Waals surface area contributed by atoms with Crippen molar-refractivity contribution in [3.8, 4) is 11.6 Å². The van der Waals surface area contributed by atoms with E-state index in [0.29, 0.717) is 80.3 Å². The number of ether oxygens (including phenoxy) is 5. The summed E-state index contributed by atoms with van der Waals surface area (Å²) in [6, 6.07) is 21.0. The molecule has 6 atom stereocenters. The van der Waals surface area contributed by atoms with Crippen molar-refractivity contribution < 1.29 is 41.8 Å². The molecule has 8 aliphatic rings. The normalized spacial score (nSPS) is 26.7. The van der Waals surface area contributed by atoms with Crippen molar-refractivity contribution in [2.24, 2.45) is 5.41 Å². The van der Waals surface area contributed by atoms with Gasteiger partial charge in [-0.05, 0) is 91.3 Å². The van der Waals surface area contributed by atoms with E-state index in [1.807, 2.05) is 30.5 Å². The van der Waals surface area contributed by atoms with Crippen LogP contribution in [0.5, 0.6) is 11.6 Å². The van der Waals surface area contributed by atoms with Crippen LogP contribution in [0.1, 0.15) is 85.8 Å². The molecule has 2 aromatic heterocycles. The van der Waals surface area contributed by atoms with Crippen LogP contribution >= 0.6 is 0 Å². The van der Waals surface area contributed by atoms with E-state index >= 15 is 0 Å². The number of sulfonamides is 1. The number of fused-ring (bicyclic) bond motifs is 6. The fraction of sp³-hybridized carbons (Fsp3) is 0.519. The third kappa shape index (κ3) is 8.50. The second kappa shape index (κ2) is 18.7. The van der Waals surface area contributed by atoms with Crippen LogP contribution in [0.4, 0.5) is 28.4 Å². The number of hydrogen-bond donors (Lipinski definition) is 3. The zero-order valence-corrected chi connectivity index (χ0v) is 42.6. The van der Waals surface area contributed by atoms with Crippen molar-refractivity contribution >= 4 is 55.4 Å². The lowest BCUT2D eigenvalue weighted by Gasteiger charge is -2.57. The lowest BCUT2D eigenvalue weighted by Crippen LogP contribution is -2.58. The minimum absolute atomic E-state index is 0.0251. The van der Waals surface area contributed by atoms with Gasteiger partial charge < -0.3 is 43.8 Å². The maximum Gasteiger partial charge on any atom is 0.297 e. The van der Waals surface area contributed by atoms with Crippen LogP contribution in [0.2, 0.25) is 0 Å². The number of hydrogen-bond acceptors (Lipinski definition) is 16. The first-order valence-electron chi connectivity index (χ1n) is 26.3. The molecule has 5 saturated heterocycles. The molecule has 74 heavy (non-hydrogen) atoms. The Hall–Kier alpha value is -6.03. The van der Waals surface area contributed by atoms with Crippen LogP contribution < -0.4 is 29.3 Å². The van der Waals surface area contributed by atoms with Gasteiger partial charge in [-0.25, -0.2) is 13.1 Å². The van der Waals surface area contributed by atoms with Gasteiger partial charge >= 0.3 is 0 Å². The van der Waals surface area contributed by atoms with Gasteiger partial charge in [-0.1, -0.05) is 38.1 Å². The van der Waals surface area contributed by atoms with Gasteiger partial charge in [0.05, 0.1) is 71.7 Å². The lowest BCUT2D eigenvalue weighted by atomic mass is 9.59. The Morgan fingerprint density at radius 1 is 0.959 bits per heavy atom. The lowest BCUT2D eigenvalue weighted by molar-refractivity contribution is -0.384. The number of nitro groups is 1. The van der Waals surface area contributed by atoms with Crippen LogP contribution in [0.25, 0.3) is 11.0 Å². The minimum Gasteiger partial charge on any atom is -0.489 e. The fourth-order valence-electron chi connectivity index (χ4n) is 13.4. The minimum atomic E-state index is -4.70. The van der Waals surface area contributed by atoms with Gasteiger partial charge in [0, 0.05) is 80.8 Å². The number of nitro benzene ring substituents is 1. The highest BCUT2D eigenvalue weighted by Gasteiger charge is 2.50. The van der Waals surface area contributed by atoms with Crippen LogP contribution in [0.3, 0.4) is 0 Å². The molecule has 6 fully saturated rings. The number of benzene rings is 3. The molecule has 0 radical (unpaired) electrons. The summed E-state index contributed by atoms with van der Waals surface area (Å²) in [4.78, 5) is 43.9. The number of morpholine rings is 2. The van der Waals surface area contributed by atoms with Crippen molar-refractivity contribution in [3.05, 3.63) is 99.7 Å². The zero-order valence-electron chi connectivity index (χ0n) is 41.7. The quantitative estimate of drug-likeness (QED) is 0.0912. The molecular weight excluding hydrogens is 967 g/mol. The number of likely N-dealkylation sites (tertiary alicyclic amines) is 1. The van der Waals surface area contributed by atoms with E-state index in [4.69, 9.17) is 28.7 Å². The molecule has 1 aliphatic carbocycles. The van der Waals surface area contributed by atoms with Gasteiger partial charge in [0.2, 0.25) is 5.88 Å². The van der Waals surface area contributed by atoms with Gasteiger partial charge in [0.1, 0.15) is 24.0 Å². The largest absolute Gasteiger partial charge is 0.489 e. The maximum absolute atomic E-state index is 14.8. The summed E-state index contributed by atoms with van der Waals surface area (Å²) in [7, 11) is -4.70. The summed E-state index contributed by atoms with van der Waals surface area (Å²) < 4.78 is 61.5. The SMILES string of the molecule is CC(C)c1ccccc1[C@@H]1COCCN1C1CC2(CCN(c3ccc(C(=O)NS(=O)(=O)c4cc5c(c([N+](=O)[O-])c4)N[C@@H](CN4C[C@@H]6C[C@H]4CO6)CO5)c(N4c5cc6cc[nH]c6nc5O[C@H]5COCC[C@@H]54)c3)CC2)C1. The summed E-state index contributed by atoms with van der Waals surface area (Å²) in [5, 5.41) is 16.7. The third-order valence-corrected chi connectivity index (χ3v) is 18.6. The average Bonchev–Trinajstić information content (AvgIpc) is 4.17. The first-order chi connectivity index (χ1) is 35.9. The molecule has 3 aromatic carbocycles. The molecule has 9 heterocycles. The number of rotatable bonds is 11. The molecule has 2 bridgehead atoms. The number of pyridine rings is 1. The number of aromatic nitrogens is 2. The van der Waals surface area contributed by atoms with Crippen molar-refractivity contribution in [1.82, 2.24) is 24.5 Å². The summed E-state index contributed by atoms with van der Waals surface area (Å²) in [5.74, 6) is -0.0730. The third-order valence-electron chi connectivity index (χ3n) is 17.3. The Labute approximate surface area is 430 Å². The highest BCUT2D eigenvalue weighted by Crippen LogP contribution is 2.54. The molecule has 19 nitrogen and oxygen atoms in total. The Kier molecular flexibility index (Phi) is 12.0. The second-order valence-electron chi connectivity index (χ2n) is 22.0. The molecule has 7 aliphatic heterocycles. The van der Waals surface area contributed by atoms with Gasteiger partial charge in [-0.2, -0.15) is 4.98 Å². The van der Waals surface area contributed by atoms with E-state index in [0.717, 1.165) is 82.0 Å². The number of nitrogens with zero attached hydrogens (tertiary/aromatic N) is 6. The van der Waals surface area contributed by atoms with Crippen LogP contribution in [-0.4, -0.2) is 148 Å². The molecule has 20 heteroatoms. The predicted octanol–water partition coefficient (Wildman–Crippen LogP) is 6.87. The van der Waals surface area contributed by atoms with E-state index in [1.54, 1.807) is 6.07 Å². The van der Waals surface area contributed by atoms with E-state index < -0.39 is 37.5 Å². The maximum atomic E-state index is 14.8. The first kappa shape index (κ1) is 47.7. The zero-order chi connectivity index (χ0) is 50.5. The molecule has 1 amide bonds. The summed E-state index contributed by atoms with van der Waals surface area (Å²) in [5.41, 5.74) is 5.44. The number of nitrogens with one attached hydrogen (secondary N) is 3. The van der Waals surface area contributed by atoms with Crippen LogP contribution in [0.15, 0.2) is 77.8 Å². The summed E-state index contributed by atoms with van der Waals surface area (Å²) in [6.45, 7) is 11.5. The van der Waals surface area contributed by atoms with Gasteiger partial charge in [-0.15, -0.1) is 0 Å². The van der Waals surface area contributed by atoms with Crippen molar-refractivity contribution in [2.75, 3.05) is 87.5 Å². The molecule has 13 rings (SSSR count). The number of aromatic amines is 1. The number of carbonyl (C=O) groups is 1. The topological polar surface area (TPSA) is 206 Å². The Balaban J connectivity index is 0.784. The van der Waals surface area contributed by atoms with Gasteiger partial charge in [0.25, 0.3) is 21.6 Å². The Morgan fingerprint density at radius 3 is 2.59 bits per heavy atom.